The first-order valence-corrected chi connectivity index (χ1v) is 9.36. The Hall–Kier alpha value is -3.06. The van der Waals surface area contributed by atoms with E-state index in [1.54, 1.807) is 35.3 Å². The summed E-state index contributed by atoms with van der Waals surface area (Å²) in [5.74, 6) is 1.42. The molecule has 0 radical (unpaired) electrons. The van der Waals surface area contributed by atoms with E-state index in [1.165, 1.54) is 0 Å². The molecule has 144 valence electrons. The number of fused-ring (bicyclic) bond motifs is 1. The molecule has 4 rings (SSSR count). The maximum Gasteiger partial charge on any atom is 0.229 e. The van der Waals surface area contributed by atoms with Crippen LogP contribution in [0.2, 0.25) is 5.02 Å². The van der Waals surface area contributed by atoms with Crippen LogP contribution in [-0.2, 0) is 17.8 Å². The number of rotatable bonds is 5. The van der Waals surface area contributed by atoms with Gasteiger partial charge in [-0.15, -0.1) is 0 Å². The minimum Gasteiger partial charge on any atom is -0.489 e. The van der Waals surface area contributed by atoms with Crippen LogP contribution in [0.5, 0.6) is 11.5 Å². The van der Waals surface area contributed by atoms with Crippen molar-refractivity contribution in [2.75, 3.05) is 18.5 Å². The SMILES string of the molecule is O=C(Cc1cc(Cl)c2c(c1)OCCCO2)Nc1ccn(Cc2ccccn2)n1. The Morgan fingerprint density at radius 1 is 1.21 bits per heavy atom. The Morgan fingerprint density at radius 3 is 2.96 bits per heavy atom. The molecule has 0 aliphatic carbocycles. The first-order valence-electron chi connectivity index (χ1n) is 8.98. The van der Waals surface area contributed by atoms with Crippen LogP contribution in [0.4, 0.5) is 5.82 Å². The van der Waals surface area contributed by atoms with Crippen molar-refractivity contribution in [1.82, 2.24) is 14.8 Å². The summed E-state index contributed by atoms with van der Waals surface area (Å²) in [5, 5.41) is 7.61. The van der Waals surface area contributed by atoms with Crippen LogP contribution in [-0.4, -0.2) is 33.9 Å². The number of carbonyl (C=O) groups is 1. The number of hydrogen-bond acceptors (Lipinski definition) is 5. The van der Waals surface area contributed by atoms with Gasteiger partial charge < -0.3 is 14.8 Å². The van der Waals surface area contributed by atoms with E-state index in [2.05, 4.69) is 15.4 Å². The first-order chi connectivity index (χ1) is 13.7. The molecular weight excluding hydrogens is 380 g/mol. The van der Waals surface area contributed by atoms with E-state index >= 15 is 0 Å². The molecule has 1 aliphatic rings. The molecule has 0 bridgehead atoms. The Kier molecular flexibility index (Phi) is 5.43. The summed E-state index contributed by atoms with van der Waals surface area (Å²) < 4.78 is 13.0. The summed E-state index contributed by atoms with van der Waals surface area (Å²) in [7, 11) is 0. The Bertz CT molecular complexity index is 975. The quantitative estimate of drug-likeness (QED) is 0.713. The van der Waals surface area contributed by atoms with Crippen molar-refractivity contribution in [1.29, 1.82) is 0 Å². The summed E-state index contributed by atoms with van der Waals surface area (Å²) >= 11 is 6.29. The van der Waals surface area contributed by atoms with Crippen LogP contribution in [0.25, 0.3) is 0 Å². The van der Waals surface area contributed by atoms with Crippen molar-refractivity contribution in [2.24, 2.45) is 0 Å². The maximum atomic E-state index is 12.4. The molecule has 28 heavy (non-hydrogen) atoms. The Morgan fingerprint density at radius 2 is 2.11 bits per heavy atom. The van der Waals surface area contributed by atoms with Crippen molar-refractivity contribution in [3.8, 4) is 11.5 Å². The fourth-order valence-corrected chi connectivity index (χ4v) is 3.22. The smallest absolute Gasteiger partial charge is 0.229 e. The number of halogens is 1. The second-order valence-corrected chi connectivity index (χ2v) is 6.81. The minimum atomic E-state index is -0.186. The molecule has 0 fully saturated rings. The molecule has 0 unspecified atom stereocenters. The highest BCUT2D eigenvalue weighted by atomic mass is 35.5. The molecule has 0 saturated carbocycles. The third-order valence-electron chi connectivity index (χ3n) is 4.18. The average Bonchev–Trinajstić information content (AvgIpc) is 2.96. The highest BCUT2D eigenvalue weighted by molar-refractivity contribution is 6.32. The lowest BCUT2D eigenvalue weighted by Gasteiger charge is -2.11. The van der Waals surface area contributed by atoms with Gasteiger partial charge in [0.25, 0.3) is 0 Å². The summed E-state index contributed by atoms with van der Waals surface area (Å²) in [4.78, 5) is 16.7. The second kappa shape index (κ2) is 8.31. The van der Waals surface area contributed by atoms with Gasteiger partial charge in [0.05, 0.1) is 36.9 Å². The normalized spacial score (nSPS) is 13.0. The summed E-state index contributed by atoms with van der Waals surface area (Å²) in [6.45, 7) is 1.66. The molecule has 3 heterocycles. The maximum absolute atomic E-state index is 12.4. The number of nitrogens with one attached hydrogen (secondary N) is 1. The molecule has 1 aliphatic heterocycles. The van der Waals surface area contributed by atoms with Crippen molar-refractivity contribution < 1.29 is 14.3 Å². The van der Waals surface area contributed by atoms with Crippen LogP contribution in [0.1, 0.15) is 17.7 Å². The number of carbonyl (C=O) groups excluding carboxylic acids is 1. The molecule has 1 N–H and O–H groups in total. The number of aromatic nitrogens is 3. The topological polar surface area (TPSA) is 78.3 Å². The van der Waals surface area contributed by atoms with Crippen molar-refractivity contribution in [2.45, 2.75) is 19.4 Å². The molecule has 7 nitrogen and oxygen atoms in total. The van der Waals surface area contributed by atoms with Crippen LogP contribution in [0.3, 0.4) is 0 Å². The van der Waals surface area contributed by atoms with Crippen molar-refractivity contribution >= 4 is 23.3 Å². The molecule has 0 atom stereocenters. The Labute approximate surface area is 167 Å². The molecule has 1 aromatic carbocycles. The highest BCUT2D eigenvalue weighted by Gasteiger charge is 2.17. The second-order valence-electron chi connectivity index (χ2n) is 6.40. The van der Waals surface area contributed by atoms with Gasteiger partial charge in [0, 0.05) is 24.9 Å². The predicted octanol–water partition coefficient (Wildman–Crippen LogP) is 3.32. The number of anilines is 1. The van der Waals surface area contributed by atoms with Gasteiger partial charge in [-0.3, -0.25) is 14.5 Å². The Balaban J connectivity index is 1.40. The fourth-order valence-electron chi connectivity index (χ4n) is 2.93. The zero-order valence-corrected chi connectivity index (χ0v) is 15.9. The van der Waals surface area contributed by atoms with Crippen LogP contribution in [0, 0.1) is 0 Å². The average molecular weight is 399 g/mol. The fraction of sp³-hybridized carbons (Fsp3) is 0.250. The largest absolute Gasteiger partial charge is 0.489 e. The lowest BCUT2D eigenvalue weighted by Crippen LogP contribution is -2.15. The number of benzene rings is 1. The lowest BCUT2D eigenvalue weighted by atomic mass is 10.1. The zero-order chi connectivity index (χ0) is 19.3. The third-order valence-corrected chi connectivity index (χ3v) is 4.47. The van der Waals surface area contributed by atoms with Gasteiger partial charge in [-0.1, -0.05) is 17.7 Å². The van der Waals surface area contributed by atoms with Gasteiger partial charge in [-0.05, 0) is 29.8 Å². The molecule has 0 spiro atoms. The molecule has 2 aromatic heterocycles. The van der Waals surface area contributed by atoms with Crippen LogP contribution >= 0.6 is 11.6 Å². The van der Waals surface area contributed by atoms with Crippen molar-refractivity contribution in [3.05, 3.63) is 65.1 Å². The van der Waals surface area contributed by atoms with Gasteiger partial charge in [0.2, 0.25) is 5.91 Å². The van der Waals surface area contributed by atoms with Crippen LogP contribution < -0.4 is 14.8 Å². The lowest BCUT2D eigenvalue weighted by molar-refractivity contribution is -0.115. The van der Waals surface area contributed by atoms with Crippen LogP contribution in [0.15, 0.2) is 48.8 Å². The predicted molar refractivity (Wildman–Crippen MR) is 105 cm³/mol. The first kappa shape index (κ1) is 18.3. The zero-order valence-electron chi connectivity index (χ0n) is 15.1. The number of amides is 1. The standard InChI is InChI=1S/C20H19ClN4O3/c21-16-10-14(11-17-20(16)28-9-3-8-27-17)12-19(26)23-18-5-7-25(24-18)13-15-4-1-2-6-22-15/h1-2,4-7,10-11H,3,8-9,12-13H2,(H,23,24,26). The van der Waals surface area contributed by atoms with Gasteiger partial charge in [-0.25, -0.2) is 0 Å². The minimum absolute atomic E-state index is 0.156. The van der Waals surface area contributed by atoms with E-state index in [9.17, 15) is 4.79 Å². The number of pyridine rings is 1. The van der Waals surface area contributed by atoms with E-state index in [0.29, 0.717) is 42.1 Å². The number of nitrogens with zero attached hydrogens (tertiary/aromatic N) is 3. The summed E-state index contributed by atoms with van der Waals surface area (Å²) in [6, 6.07) is 11.0. The molecular formula is C20H19ClN4O3. The molecule has 1 amide bonds. The van der Waals surface area contributed by atoms with E-state index in [-0.39, 0.29) is 12.3 Å². The van der Waals surface area contributed by atoms with E-state index < -0.39 is 0 Å². The van der Waals surface area contributed by atoms with E-state index in [1.807, 2.05) is 18.2 Å². The molecule has 8 heteroatoms. The van der Waals surface area contributed by atoms with Gasteiger partial charge in [0.15, 0.2) is 17.3 Å². The van der Waals surface area contributed by atoms with E-state index in [0.717, 1.165) is 17.7 Å². The van der Waals surface area contributed by atoms with Gasteiger partial charge in [-0.2, -0.15) is 5.10 Å². The van der Waals surface area contributed by atoms with Gasteiger partial charge in [0.1, 0.15) is 0 Å². The summed E-state index contributed by atoms with van der Waals surface area (Å²) in [6.07, 6.45) is 4.49. The molecule has 0 saturated heterocycles. The highest BCUT2D eigenvalue weighted by Crippen LogP contribution is 2.38. The van der Waals surface area contributed by atoms with Gasteiger partial charge >= 0.3 is 0 Å². The molecule has 3 aromatic rings. The third kappa shape index (κ3) is 4.43. The van der Waals surface area contributed by atoms with Crippen molar-refractivity contribution in [3.63, 3.8) is 0 Å². The summed E-state index contributed by atoms with van der Waals surface area (Å²) in [5.41, 5.74) is 1.64. The number of ether oxygens (including phenoxy) is 2. The monoisotopic (exact) mass is 398 g/mol. The van der Waals surface area contributed by atoms with E-state index in [4.69, 9.17) is 21.1 Å². The number of hydrogen-bond donors (Lipinski definition) is 1.